The Kier molecular flexibility index (Phi) is 5.89. The first-order valence-corrected chi connectivity index (χ1v) is 11.2. The number of sulfonamides is 1. The van der Waals surface area contributed by atoms with E-state index in [0.29, 0.717) is 41.1 Å². The van der Waals surface area contributed by atoms with Crippen LogP contribution in [0.2, 0.25) is 10.0 Å². The van der Waals surface area contributed by atoms with E-state index in [1.807, 2.05) is 32.0 Å². The summed E-state index contributed by atoms with van der Waals surface area (Å²) in [6.45, 7) is 5.78. The molecule has 2 aromatic carbocycles. The van der Waals surface area contributed by atoms with Gasteiger partial charge in [-0.05, 0) is 55.3 Å². The third-order valence-corrected chi connectivity index (χ3v) is 8.21. The Labute approximate surface area is 172 Å². The number of anilines is 1. The number of rotatable bonds is 3. The van der Waals surface area contributed by atoms with E-state index >= 15 is 0 Å². The van der Waals surface area contributed by atoms with Crippen LogP contribution >= 0.6 is 39.1 Å². The van der Waals surface area contributed by atoms with Crippen LogP contribution in [0.4, 0.5) is 5.69 Å². The molecule has 0 saturated carbocycles. The smallest absolute Gasteiger partial charge is 0.243 e. The Morgan fingerprint density at radius 1 is 0.923 bits per heavy atom. The number of piperazine rings is 1. The molecule has 0 radical (unpaired) electrons. The van der Waals surface area contributed by atoms with Crippen LogP contribution in [0.25, 0.3) is 0 Å². The Morgan fingerprint density at radius 3 is 2.19 bits per heavy atom. The lowest BCUT2D eigenvalue weighted by atomic mass is 10.2. The molecule has 0 aromatic heterocycles. The summed E-state index contributed by atoms with van der Waals surface area (Å²) in [4.78, 5) is 2.50. The highest BCUT2D eigenvalue weighted by Gasteiger charge is 2.30. The minimum absolute atomic E-state index is 0.376. The molecule has 0 N–H and O–H groups in total. The lowest BCUT2D eigenvalue weighted by Crippen LogP contribution is -2.48. The summed E-state index contributed by atoms with van der Waals surface area (Å²) in [5, 5.41) is 1.01. The topological polar surface area (TPSA) is 40.6 Å². The molecule has 1 heterocycles. The lowest BCUT2D eigenvalue weighted by molar-refractivity contribution is 0.384. The van der Waals surface area contributed by atoms with Crippen molar-refractivity contribution in [2.45, 2.75) is 18.7 Å². The van der Waals surface area contributed by atoms with E-state index in [-0.39, 0.29) is 0 Å². The highest BCUT2D eigenvalue weighted by Crippen LogP contribution is 2.30. The lowest BCUT2D eigenvalue weighted by Gasteiger charge is -2.35. The highest BCUT2D eigenvalue weighted by molar-refractivity contribution is 9.10. The maximum absolute atomic E-state index is 13.1. The van der Waals surface area contributed by atoms with Crippen LogP contribution in [-0.2, 0) is 10.0 Å². The van der Waals surface area contributed by atoms with Crippen molar-refractivity contribution in [1.82, 2.24) is 4.31 Å². The SMILES string of the molecule is Cc1cc(S(=O)(=O)N2CCN(c3ccc(Cl)c(Cl)c3)CC2)c(C)cc1Br. The molecule has 1 saturated heterocycles. The fraction of sp³-hybridized carbons (Fsp3) is 0.333. The first-order valence-electron chi connectivity index (χ1n) is 8.17. The van der Waals surface area contributed by atoms with Gasteiger partial charge in [0.25, 0.3) is 0 Å². The third-order valence-electron chi connectivity index (χ3n) is 4.58. The molecule has 1 aliphatic heterocycles. The van der Waals surface area contributed by atoms with Crippen LogP contribution in [0.5, 0.6) is 0 Å². The van der Waals surface area contributed by atoms with Crippen LogP contribution in [0.1, 0.15) is 11.1 Å². The van der Waals surface area contributed by atoms with E-state index in [1.54, 1.807) is 16.4 Å². The van der Waals surface area contributed by atoms with Gasteiger partial charge in [0.1, 0.15) is 0 Å². The van der Waals surface area contributed by atoms with Crippen LogP contribution in [0.3, 0.4) is 0 Å². The first-order chi connectivity index (χ1) is 12.2. The number of aryl methyl sites for hydroxylation is 2. The van der Waals surface area contributed by atoms with Gasteiger partial charge in [-0.15, -0.1) is 0 Å². The van der Waals surface area contributed by atoms with Crippen molar-refractivity contribution >= 4 is 54.8 Å². The maximum atomic E-state index is 13.1. The molecular formula is C18H19BrCl2N2O2S. The van der Waals surface area contributed by atoms with E-state index in [4.69, 9.17) is 23.2 Å². The number of benzene rings is 2. The zero-order valence-electron chi connectivity index (χ0n) is 14.5. The molecule has 140 valence electrons. The van der Waals surface area contributed by atoms with Crippen LogP contribution < -0.4 is 4.90 Å². The standard InChI is InChI=1S/C18H19BrCl2N2O2S/c1-12-10-18(13(2)9-15(12)19)26(24,25)23-7-5-22(6-8-23)14-3-4-16(20)17(21)11-14/h3-4,9-11H,5-8H2,1-2H3. The third kappa shape index (κ3) is 3.90. The fourth-order valence-corrected chi connectivity index (χ4v) is 5.50. The van der Waals surface area contributed by atoms with Crippen molar-refractivity contribution in [3.8, 4) is 0 Å². The van der Waals surface area contributed by atoms with E-state index in [2.05, 4.69) is 20.8 Å². The van der Waals surface area contributed by atoms with Crippen LogP contribution in [-0.4, -0.2) is 38.9 Å². The number of hydrogen-bond acceptors (Lipinski definition) is 3. The van der Waals surface area contributed by atoms with Gasteiger partial charge in [-0.2, -0.15) is 4.31 Å². The number of halogens is 3. The van der Waals surface area contributed by atoms with Crippen molar-refractivity contribution in [3.05, 3.63) is 56.0 Å². The largest absolute Gasteiger partial charge is 0.369 e. The monoisotopic (exact) mass is 476 g/mol. The molecule has 0 unspecified atom stereocenters. The maximum Gasteiger partial charge on any atom is 0.243 e. The van der Waals surface area contributed by atoms with Crippen molar-refractivity contribution in [2.24, 2.45) is 0 Å². The summed E-state index contributed by atoms with van der Waals surface area (Å²) >= 11 is 15.5. The van der Waals surface area contributed by atoms with Gasteiger partial charge in [0.05, 0.1) is 14.9 Å². The van der Waals surface area contributed by atoms with Crippen molar-refractivity contribution < 1.29 is 8.42 Å². The van der Waals surface area contributed by atoms with Gasteiger partial charge in [-0.25, -0.2) is 8.42 Å². The van der Waals surface area contributed by atoms with Crippen molar-refractivity contribution in [1.29, 1.82) is 0 Å². The zero-order valence-corrected chi connectivity index (χ0v) is 18.4. The fourth-order valence-electron chi connectivity index (χ4n) is 3.04. The Hall–Kier alpha value is -0.790. The molecule has 1 aliphatic rings. The van der Waals surface area contributed by atoms with E-state index in [1.165, 1.54) is 0 Å². The molecule has 0 bridgehead atoms. The molecule has 3 rings (SSSR count). The molecular weight excluding hydrogens is 459 g/mol. The molecule has 26 heavy (non-hydrogen) atoms. The molecule has 1 fully saturated rings. The Bertz CT molecular complexity index is 942. The second kappa shape index (κ2) is 7.68. The van der Waals surface area contributed by atoms with Gasteiger partial charge in [0.15, 0.2) is 0 Å². The predicted octanol–water partition coefficient (Wildman–Crippen LogP) is 4.88. The van der Waals surface area contributed by atoms with Gasteiger partial charge < -0.3 is 4.90 Å². The molecule has 0 amide bonds. The zero-order chi connectivity index (χ0) is 19.1. The summed E-state index contributed by atoms with van der Waals surface area (Å²) in [7, 11) is -3.51. The van der Waals surface area contributed by atoms with Gasteiger partial charge in [0, 0.05) is 36.3 Å². The Balaban J connectivity index is 1.78. The summed E-state index contributed by atoms with van der Waals surface area (Å²) < 4.78 is 28.6. The first kappa shape index (κ1) is 20.0. The van der Waals surface area contributed by atoms with Gasteiger partial charge in [-0.1, -0.05) is 39.1 Å². The van der Waals surface area contributed by atoms with Crippen LogP contribution in [0.15, 0.2) is 39.7 Å². The Morgan fingerprint density at radius 2 is 1.58 bits per heavy atom. The van der Waals surface area contributed by atoms with Crippen molar-refractivity contribution in [3.63, 3.8) is 0 Å². The van der Waals surface area contributed by atoms with Gasteiger partial charge in [0.2, 0.25) is 10.0 Å². The molecule has 0 aliphatic carbocycles. The predicted molar refractivity (Wildman–Crippen MR) is 111 cm³/mol. The van der Waals surface area contributed by atoms with E-state index in [0.717, 1.165) is 21.3 Å². The summed E-state index contributed by atoms with van der Waals surface area (Å²) in [5.74, 6) is 0. The second-order valence-corrected chi connectivity index (χ2v) is 9.93. The van der Waals surface area contributed by atoms with Crippen LogP contribution in [0, 0.1) is 13.8 Å². The van der Waals surface area contributed by atoms with Crippen molar-refractivity contribution in [2.75, 3.05) is 31.1 Å². The van der Waals surface area contributed by atoms with Gasteiger partial charge >= 0.3 is 0 Å². The summed E-state index contributed by atoms with van der Waals surface area (Å²) in [5.41, 5.74) is 2.60. The molecule has 8 heteroatoms. The second-order valence-electron chi connectivity index (χ2n) is 6.36. The van der Waals surface area contributed by atoms with E-state index < -0.39 is 10.0 Å². The summed E-state index contributed by atoms with van der Waals surface area (Å²) in [6.07, 6.45) is 0. The minimum Gasteiger partial charge on any atom is -0.369 e. The molecule has 4 nitrogen and oxygen atoms in total. The number of nitrogens with zero attached hydrogens (tertiary/aromatic N) is 2. The molecule has 0 atom stereocenters. The average molecular weight is 478 g/mol. The summed E-state index contributed by atoms with van der Waals surface area (Å²) in [6, 6.07) is 9.07. The normalized spacial score (nSPS) is 16.1. The molecule has 0 spiro atoms. The average Bonchev–Trinajstić information content (AvgIpc) is 2.60. The quantitative estimate of drug-likeness (QED) is 0.632. The number of hydrogen-bond donors (Lipinski definition) is 0. The van der Waals surface area contributed by atoms with E-state index in [9.17, 15) is 8.42 Å². The highest BCUT2D eigenvalue weighted by atomic mass is 79.9. The molecule has 2 aromatic rings. The minimum atomic E-state index is -3.51. The van der Waals surface area contributed by atoms with Gasteiger partial charge in [-0.3, -0.25) is 0 Å².